The summed E-state index contributed by atoms with van der Waals surface area (Å²) in [5.41, 5.74) is 0. The number of hydrogen-bond acceptors (Lipinski definition) is 2. The first-order valence-corrected chi connectivity index (χ1v) is 0. The van der Waals surface area contributed by atoms with Gasteiger partial charge in [-0.15, -0.1) is 0 Å². The second-order valence-corrected chi connectivity index (χ2v) is 0. The van der Waals surface area contributed by atoms with Gasteiger partial charge in [0.1, 0.15) is 0 Å². The molecule has 0 amide bonds. The van der Waals surface area contributed by atoms with Gasteiger partial charge in [-0.25, -0.2) is 0 Å². The smallest absolute Gasteiger partial charge is 2.00 e. The summed E-state index contributed by atoms with van der Waals surface area (Å²) in [6, 6.07) is 0. The van der Waals surface area contributed by atoms with Gasteiger partial charge in [0, 0.05) is 0 Å². The average molecular weight is 319 g/mol. The van der Waals surface area contributed by atoms with Gasteiger partial charge >= 0.3 is 69.9 Å². The van der Waals surface area contributed by atoms with Gasteiger partial charge in [-0.1, -0.05) is 0 Å². The van der Waals surface area contributed by atoms with E-state index in [1.165, 1.54) is 0 Å². The molecule has 0 fully saturated rings. The van der Waals surface area contributed by atoms with Crippen molar-refractivity contribution in [1.29, 1.82) is 0 Å². The van der Waals surface area contributed by atoms with Gasteiger partial charge < -0.3 is 27.4 Å². The van der Waals surface area contributed by atoms with Crippen LogP contribution in [0.4, 0.5) is 0 Å². The summed E-state index contributed by atoms with van der Waals surface area (Å²) in [4.78, 5) is 0. The molecule has 0 atom stereocenters. The molecule has 7 heteroatoms. The van der Waals surface area contributed by atoms with Crippen LogP contribution in [0.5, 0.6) is 0 Å². The Kier molecular flexibility index (Phi) is 1880. The zero-order valence-electron chi connectivity index (χ0n) is 3.42. The van der Waals surface area contributed by atoms with Gasteiger partial charge in [0.15, 0.2) is 0 Å². The molecule has 0 aliphatic carbocycles. The number of rotatable bonds is 0. The van der Waals surface area contributed by atoms with Gasteiger partial charge in [-0.05, 0) is 0 Å². The Morgan fingerprint density at radius 1 is 0.714 bits per heavy atom. The molecule has 0 aromatic rings. The van der Waals surface area contributed by atoms with Crippen LogP contribution in [-0.4, -0.2) is 70.8 Å². The predicted octanol–water partition coefficient (Wildman–Crippen LogP) is -2.51. The maximum absolute atomic E-state index is 0. The molecular formula is H6BaMoO5. The Morgan fingerprint density at radius 3 is 0.714 bits per heavy atom. The molecule has 0 aliphatic heterocycles. The van der Waals surface area contributed by atoms with Crippen molar-refractivity contribution in [2.75, 3.05) is 0 Å². The van der Waals surface area contributed by atoms with E-state index in [-0.39, 0.29) is 97.3 Å². The van der Waals surface area contributed by atoms with Gasteiger partial charge in [0.25, 0.3) is 0 Å². The van der Waals surface area contributed by atoms with E-state index in [4.69, 9.17) is 0 Å². The Balaban J connectivity index is 0. The predicted molar refractivity (Wildman–Crippen MR) is 17.5 cm³/mol. The van der Waals surface area contributed by atoms with Crippen molar-refractivity contribution in [3.05, 3.63) is 0 Å². The topological polar surface area (TPSA) is 152 Å². The van der Waals surface area contributed by atoms with Crippen LogP contribution in [0.2, 0.25) is 0 Å². The van der Waals surface area contributed by atoms with E-state index in [1.54, 1.807) is 0 Å². The molecule has 0 radical (unpaired) electrons. The molecule has 0 aromatic heterocycles. The molecule has 0 heterocycles. The third-order valence-corrected chi connectivity index (χ3v) is 0. The first kappa shape index (κ1) is 139. The second-order valence-electron chi connectivity index (χ2n) is 0. The van der Waals surface area contributed by atoms with Crippen molar-refractivity contribution in [3.63, 3.8) is 0 Å². The average Bonchev–Trinajstić information content (AvgIpc) is 0. The largest absolute Gasteiger partial charge is 2.00 e. The summed E-state index contributed by atoms with van der Waals surface area (Å²) in [6.07, 6.45) is 0. The fourth-order valence-corrected chi connectivity index (χ4v) is 0. The van der Waals surface area contributed by atoms with E-state index in [2.05, 4.69) is 0 Å². The van der Waals surface area contributed by atoms with Crippen LogP contribution < -0.4 is 0 Å². The minimum Gasteiger partial charge on any atom is -2.00 e. The maximum Gasteiger partial charge on any atom is 2.00 e. The van der Waals surface area contributed by atoms with Crippen molar-refractivity contribution < 1.29 is 48.4 Å². The molecule has 0 aromatic carbocycles. The van der Waals surface area contributed by atoms with Gasteiger partial charge in [-0.2, -0.15) is 0 Å². The Hall–Kier alpha value is 2.06. The van der Waals surface area contributed by atoms with Crippen LogP contribution in [0.3, 0.4) is 0 Å². The molecule has 7 heavy (non-hydrogen) atoms. The molecule has 44 valence electrons. The zero-order chi connectivity index (χ0) is 0. The zero-order valence-corrected chi connectivity index (χ0v) is 9.87. The Labute approximate surface area is 95.7 Å². The Morgan fingerprint density at radius 2 is 0.714 bits per heavy atom. The van der Waals surface area contributed by atoms with E-state index in [1.807, 2.05) is 0 Å². The summed E-state index contributed by atoms with van der Waals surface area (Å²) in [6.45, 7) is 0. The van der Waals surface area contributed by atoms with Gasteiger partial charge in [-0.3, -0.25) is 0 Å². The van der Waals surface area contributed by atoms with E-state index >= 15 is 0 Å². The second kappa shape index (κ2) is 94.7. The van der Waals surface area contributed by atoms with Crippen LogP contribution in [0.1, 0.15) is 0 Å². The first-order chi connectivity index (χ1) is 0. The van der Waals surface area contributed by atoms with Crippen molar-refractivity contribution >= 4 is 48.9 Å². The molecule has 0 saturated heterocycles. The molecule has 6 N–H and O–H groups in total. The van der Waals surface area contributed by atoms with Crippen molar-refractivity contribution in [1.82, 2.24) is 0 Å². The minimum absolute atomic E-state index is 0. The quantitative estimate of drug-likeness (QED) is 0.453. The minimum atomic E-state index is 0. The third-order valence-electron chi connectivity index (χ3n) is 0. The molecular weight excluding hydrogens is 313 g/mol. The first-order valence-electron chi connectivity index (χ1n) is 0. The molecule has 0 aliphatic rings. The van der Waals surface area contributed by atoms with Crippen molar-refractivity contribution in [3.8, 4) is 0 Å². The summed E-state index contributed by atoms with van der Waals surface area (Å²) in [5, 5.41) is 0. The van der Waals surface area contributed by atoms with Crippen molar-refractivity contribution in [2.45, 2.75) is 0 Å². The normalized spacial score (nSPS) is 0. The van der Waals surface area contributed by atoms with Gasteiger partial charge in [0.05, 0.1) is 0 Å². The molecule has 5 nitrogen and oxygen atoms in total. The van der Waals surface area contributed by atoms with E-state index in [0.29, 0.717) is 0 Å². The van der Waals surface area contributed by atoms with Crippen LogP contribution in [-0.2, 0) is 26.5 Å². The van der Waals surface area contributed by atoms with E-state index < -0.39 is 0 Å². The van der Waals surface area contributed by atoms with Gasteiger partial charge in [0.2, 0.25) is 0 Å². The molecule has 0 rings (SSSR count). The Bertz CT molecular complexity index is 8.04. The van der Waals surface area contributed by atoms with E-state index in [0.717, 1.165) is 0 Å². The summed E-state index contributed by atoms with van der Waals surface area (Å²) in [7, 11) is 0. The summed E-state index contributed by atoms with van der Waals surface area (Å²) in [5.74, 6) is 0. The molecule has 0 spiro atoms. The maximum atomic E-state index is 0. The van der Waals surface area contributed by atoms with Crippen LogP contribution in [0.25, 0.3) is 0 Å². The SMILES string of the molecule is O.O.[Ba+2].[Mo+2].[O-2].[OH-].[OH-]. The fourth-order valence-electron chi connectivity index (χ4n) is 0. The molecule has 0 saturated carbocycles. The standard InChI is InChI=1S/Ba.Mo.4H2O.O/h;;4*1H2;/q2*+2;;;;;-2/p-2. The van der Waals surface area contributed by atoms with Crippen LogP contribution in [0.15, 0.2) is 0 Å². The third kappa shape index (κ3) is 69.8. The van der Waals surface area contributed by atoms with Crippen molar-refractivity contribution in [2.24, 2.45) is 0 Å². The molecule has 0 bridgehead atoms. The van der Waals surface area contributed by atoms with E-state index in [9.17, 15) is 0 Å². The monoisotopic (exact) mass is 322 g/mol. The van der Waals surface area contributed by atoms with Crippen LogP contribution in [0, 0.1) is 0 Å². The number of hydrogen-bond donors (Lipinski definition) is 0. The van der Waals surface area contributed by atoms with Crippen LogP contribution >= 0.6 is 0 Å². The molecule has 0 unspecified atom stereocenters. The summed E-state index contributed by atoms with van der Waals surface area (Å²) >= 11 is 0. The summed E-state index contributed by atoms with van der Waals surface area (Å²) < 4.78 is 0. The fraction of sp³-hybridized carbons (Fsp3) is 0.